The maximum absolute atomic E-state index is 12.1. The lowest BCUT2D eigenvalue weighted by atomic mass is 10.0. The Morgan fingerprint density at radius 2 is 1.56 bits per heavy atom. The van der Waals surface area contributed by atoms with Crippen molar-refractivity contribution in [1.82, 2.24) is 4.72 Å². The highest BCUT2D eigenvalue weighted by atomic mass is 32.2. The van der Waals surface area contributed by atoms with Crippen molar-refractivity contribution in [2.75, 3.05) is 30.4 Å². The van der Waals surface area contributed by atoms with E-state index in [9.17, 15) is 8.42 Å². The van der Waals surface area contributed by atoms with Gasteiger partial charge in [-0.3, -0.25) is 0 Å². The lowest BCUT2D eigenvalue weighted by Gasteiger charge is -2.25. The molecule has 0 fully saturated rings. The maximum atomic E-state index is 12.1. The van der Waals surface area contributed by atoms with Crippen molar-refractivity contribution in [2.45, 2.75) is 57.3 Å². The Kier molecular flexibility index (Phi) is 8.54. The van der Waals surface area contributed by atoms with Crippen molar-refractivity contribution in [2.24, 2.45) is 0 Å². The molecule has 0 saturated carbocycles. The molecule has 36 heavy (non-hydrogen) atoms. The zero-order valence-corrected chi connectivity index (χ0v) is 22.3. The number of hydrogen-bond acceptors (Lipinski definition) is 5. The van der Waals surface area contributed by atoms with Gasteiger partial charge in [-0.05, 0) is 80.3 Å². The second kappa shape index (κ2) is 11.8. The fourth-order valence-corrected chi connectivity index (χ4v) is 5.17. The fourth-order valence-electron chi connectivity index (χ4n) is 4.42. The second-order valence-electron chi connectivity index (χ2n) is 9.29. The zero-order valence-electron chi connectivity index (χ0n) is 21.5. The molecule has 3 aromatic rings. The topological polar surface area (TPSA) is 70.7 Å². The van der Waals surface area contributed by atoms with Crippen molar-refractivity contribution in [3.05, 3.63) is 71.8 Å². The molecule has 3 aromatic carbocycles. The monoisotopic (exact) mass is 507 g/mol. The van der Waals surface area contributed by atoms with E-state index in [1.54, 1.807) is 18.2 Å². The average molecular weight is 508 g/mol. The van der Waals surface area contributed by atoms with Crippen LogP contribution in [0.25, 0.3) is 0 Å². The van der Waals surface area contributed by atoms with Gasteiger partial charge in [0.15, 0.2) is 11.5 Å². The molecule has 0 aromatic heterocycles. The van der Waals surface area contributed by atoms with Gasteiger partial charge in [-0.1, -0.05) is 44.9 Å². The van der Waals surface area contributed by atoms with Crippen LogP contribution in [0, 0.1) is 0 Å². The van der Waals surface area contributed by atoms with Crippen LogP contribution in [-0.2, 0) is 22.9 Å². The average Bonchev–Trinajstić information content (AvgIpc) is 2.90. The first-order chi connectivity index (χ1) is 17.4. The van der Waals surface area contributed by atoms with Gasteiger partial charge in [0.25, 0.3) is 0 Å². The Bertz CT molecular complexity index is 1280. The Balaban J connectivity index is 1.44. The van der Waals surface area contributed by atoms with Gasteiger partial charge >= 0.3 is 0 Å². The van der Waals surface area contributed by atoms with Crippen LogP contribution in [0.3, 0.4) is 0 Å². The maximum Gasteiger partial charge on any atom is 0.240 e. The number of fused-ring (bicyclic) bond motifs is 2. The highest BCUT2D eigenvalue weighted by Crippen LogP contribution is 2.43. The Morgan fingerprint density at radius 1 is 0.833 bits per heavy atom. The summed E-state index contributed by atoms with van der Waals surface area (Å²) in [6.45, 7) is 6.72. The largest absolute Gasteiger partial charge is 0.453 e. The lowest BCUT2D eigenvalue weighted by molar-refractivity contribution is 0.479. The van der Waals surface area contributed by atoms with Gasteiger partial charge in [-0.15, -0.1) is 0 Å². The first-order valence-corrected chi connectivity index (χ1v) is 14.4. The van der Waals surface area contributed by atoms with E-state index in [1.165, 1.54) is 49.5 Å². The van der Waals surface area contributed by atoms with Gasteiger partial charge in [-0.2, -0.15) is 0 Å². The van der Waals surface area contributed by atoms with E-state index in [4.69, 9.17) is 4.74 Å². The first kappa shape index (κ1) is 26.0. The predicted molar refractivity (Wildman–Crippen MR) is 148 cm³/mol. The van der Waals surface area contributed by atoms with Gasteiger partial charge in [0.1, 0.15) is 0 Å². The summed E-state index contributed by atoms with van der Waals surface area (Å²) in [6, 6.07) is 20.0. The predicted octanol–water partition coefficient (Wildman–Crippen LogP) is 6.64. The van der Waals surface area contributed by atoms with E-state index in [-0.39, 0.29) is 4.90 Å². The molecule has 0 saturated heterocycles. The highest BCUT2D eigenvalue weighted by Gasteiger charge is 2.20. The number of sulfonamides is 1. The minimum absolute atomic E-state index is 0.177. The van der Waals surface area contributed by atoms with Crippen LogP contribution >= 0.6 is 0 Å². The summed E-state index contributed by atoms with van der Waals surface area (Å²) in [7, 11) is -2.13. The summed E-state index contributed by atoms with van der Waals surface area (Å²) in [5.41, 5.74) is 5.54. The molecule has 192 valence electrons. The lowest BCUT2D eigenvalue weighted by Crippen LogP contribution is -2.25. The van der Waals surface area contributed by atoms with E-state index in [0.717, 1.165) is 37.3 Å². The van der Waals surface area contributed by atoms with Gasteiger partial charge in [-0.25, -0.2) is 13.1 Å². The molecule has 0 aliphatic carbocycles. The number of unbranched alkanes of at least 4 members (excludes halogenated alkanes) is 2. The van der Waals surface area contributed by atoms with Crippen molar-refractivity contribution < 1.29 is 13.2 Å². The molecule has 0 unspecified atom stereocenters. The molecule has 1 aliphatic rings. The molecule has 2 N–H and O–H groups in total. The van der Waals surface area contributed by atoms with Crippen molar-refractivity contribution in [3.8, 4) is 11.5 Å². The van der Waals surface area contributed by atoms with Crippen LogP contribution < -0.4 is 19.7 Å². The molecule has 0 amide bonds. The van der Waals surface area contributed by atoms with Crippen LogP contribution in [0.5, 0.6) is 11.5 Å². The number of hydrogen-bond donors (Lipinski definition) is 2. The SMILES string of the molecule is CCCCN(CCCC)c1cccc(CCc2ccc3c(c2)Nc2ccc(S(=O)(=O)NC)cc2O3)c1. The standard InChI is InChI=1S/C29H37N3O3S/c1-4-6-17-32(18-7-5-2)24-10-8-9-22(19-24)11-12-23-13-16-28-27(20-23)31-26-15-14-25(21-29(26)35-28)36(33,34)30-3/h8-10,13-16,19-21,30-31H,4-7,11-12,17-18H2,1-3H3. The van der Waals surface area contributed by atoms with E-state index in [2.05, 4.69) is 65.2 Å². The van der Waals surface area contributed by atoms with E-state index >= 15 is 0 Å². The Morgan fingerprint density at radius 3 is 2.25 bits per heavy atom. The van der Waals surface area contributed by atoms with Crippen LogP contribution in [0.4, 0.5) is 17.1 Å². The summed E-state index contributed by atoms with van der Waals surface area (Å²) in [5, 5.41) is 3.39. The zero-order chi connectivity index (χ0) is 25.5. The molecular formula is C29H37N3O3S. The quantitative estimate of drug-likeness (QED) is 0.225. The van der Waals surface area contributed by atoms with Gasteiger partial charge in [0.05, 0.1) is 16.3 Å². The normalized spacial score (nSPS) is 12.3. The molecule has 0 atom stereocenters. The van der Waals surface area contributed by atoms with Gasteiger partial charge < -0.3 is 15.0 Å². The number of nitrogens with one attached hydrogen (secondary N) is 2. The molecule has 7 heteroatoms. The Hall–Kier alpha value is -3.03. The minimum atomic E-state index is -3.53. The molecule has 0 bridgehead atoms. The van der Waals surface area contributed by atoms with Crippen LogP contribution in [0.2, 0.25) is 0 Å². The minimum Gasteiger partial charge on any atom is -0.453 e. The summed E-state index contributed by atoms with van der Waals surface area (Å²) in [5.74, 6) is 1.19. The number of benzene rings is 3. The molecule has 1 heterocycles. The van der Waals surface area contributed by atoms with E-state index < -0.39 is 10.0 Å². The second-order valence-corrected chi connectivity index (χ2v) is 11.2. The molecule has 0 spiro atoms. The number of aryl methyl sites for hydroxylation is 2. The smallest absolute Gasteiger partial charge is 0.240 e. The third kappa shape index (κ3) is 6.20. The summed E-state index contributed by atoms with van der Waals surface area (Å²) < 4.78 is 32.6. The Labute approximate surface area is 215 Å². The highest BCUT2D eigenvalue weighted by molar-refractivity contribution is 7.89. The molecule has 0 radical (unpaired) electrons. The van der Waals surface area contributed by atoms with Crippen LogP contribution in [0.15, 0.2) is 65.6 Å². The van der Waals surface area contributed by atoms with E-state index in [1.807, 2.05) is 6.07 Å². The first-order valence-electron chi connectivity index (χ1n) is 12.9. The van der Waals surface area contributed by atoms with E-state index in [0.29, 0.717) is 11.5 Å². The van der Waals surface area contributed by atoms with Crippen LogP contribution in [0.1, 0.15) is 50.7 Å². The molecule has 6 nitrogen and oxygen atoms in total. The van der Waals surface area contributed by atoms with Gasteiger partial charge in [0, 0.05) is 24.8 Å². The summed E-state index contributed by atoms with van der Waals surface area (Å²) in [4.78, 5) is 2.71. The third-order valence-electron chi connectivity index (χ3n) is 6.61. The fraction of sp³-hybridized carbons (Fsp3) is 0.379. The molecule has 1 aliphatic heterocycles. The van der Waals surface area contributed by atoms with Crippen molar-refractivity contribution in [3.63, 3.8) is 0 Å². The molecular weight excluding hydrogens is 470 g/mol. The van der Waals surface area contributed by atoms with Crippen molar-refractivity contribution >= 4 is 27.1 Å². The van der Waals surface area contributed by atoms with Gasteiger partial charge in [0.2, 0.25) is 10.0 Å². The van der Waals surface area contributed by atoms with Crippen molar-refractivity contribution in [1.29, 1.82) is 0 Å². The number of nitrogens with zero attached hydrogens (tertiary/aromatic N) is 1. The summed E-state index contributed by atoms with van der Waals surface area (Å²) in [6.07, 6.45) is 6.74. The number of ether oxygens (including phenoxy) is 1. The molecule has 4 rings (SSSR count). The van der Waals surface area contributed by atoms with Crippen LogP contribution in [-0.4, -0.2) is 28.6 Å². The summed E-state index contributed by atoms with van der Waals surface area (Å²) >= 11 is 0. The number of rotatable bonds is 12. The number of anilines is 3. The third-order valence-corrected chi connectivity index (χ3v) is 8.02.